The van der Waals surface area contributed by atoms with Crippen LogP contribution >= 0.6 is 22.9 Å². The second-order valence-corrected chi connectivity index (χ2v) is 14.7. The second kappa shape index (κ2) is 11.5. The first kappa shape index (κ1) is 31.6. The highest BCUT2D eigenvalue weighted by Crippen LogP contribution is 2.51. The van der Waals surface area contributed by atoms with E-state index in [9.17, 15) is 9.65 Å². The van der Waals surface area contributed by atoms with E-state index in [1.165, 1.54) is 11.0 Å². The predicted molar refractivity (Wildman–Crippen MR) is 174 cm³/mol. The average Bonchev–Trinajstić information content (AvgIpc) is 3.65. The second-order valence-electron chi connectivity index (χ2n) is 13.3. The smallest absolute Gasteiger partial charge is 0.319 e. The number of nitriles is 1. The number of nitrogen functional groups attached to an aromatic ring is 1. The standard InChI is InChI=1S/C33H31ClF4N6O3S/c1-16-9-32(6-2-7-43(32)11-16)14-47-31-41-26-23-27(46-8-5-17-12-45-15-33(37,38)13-44(17)30(23)42-31)24(34)22(25(26)36)18-3-4-20(35)28-21(18)19(10-39)29(40)48-28/h3-4,16-17H,2,5-9,11-15,40H2,1H3/t16-,17?,32+/m1/s1. The van der Waals surface area contributed by atoms with Crippen molar-refractivity contribution in [1.29, 1.82) is 5.26 Å². The van der Waals surface area contributed by atoms with Gasteiger partial charge in [0, 0.05) is 23.9 Å². The Morgan fingerprint density at radius 1 is 1.25 bits per heavy atom. The molecule has 0 spiro atoms. The van der Waals surface area contributed by atoms with Crippen LogP contribution in [0.4, 0.5) is 28.4 Å². The molecule has 3 saturated heterocycles. The lowest BCUT2D eigenvalue weighted by atomic mass is 9.92. The molecule has 0 saturated carbocycles. The van der Waals surface area contributed by atoms with Crippen LogP contribution in [0.1, 0.15) is 38.2 Å². The maximum atomic E-state index is 17.2. The number of hydrogen-bond acceptors (Lipinski definition) is 10. The summed E-state index contributed by atoms with van der Waals surface area (Å²) in [7, 11) is 0. The van der Waals surface area contributed by atoms with Crippen LogP contribution in [-0.4, -0.2) is 78.4 Å². The maximum absolute atomic E-state index is 17.2. The average molecular weight is 703 g/mol. The molecular formula is C33H31ClF4N6O3S. The number of benzene rings is 2. The zero-order valence-corrected chi connectivity index (χ0v) is 27.5. The third-order valence-electron chi connectivity index (χ3n) is 10.0. The quantitative estimate of drug-likeness (QED) is 0.230. The number of fused-ring (bicyclic) bond motifs is 4. The highest BCUT2D eigenvalue weighted by atomic mass is 35.5. The van der Waals surface area contributed by atoms with Gasteiger partial charge in [0.2, 0.25) is 0 Å². The first-order valence-corrected chi connectivity index (χ1v) is 17.1. The Balaban J connectivity index is 1.37. The summed E-state index contributed by atoms with van der Waals surface area (Å²) in [5, 5.41) is 9.90. The summed E-state index contributed by atoms with van der Waals surface area (Å²) in [6, 6.07) is 3.73. The van der Waals surface area contributed by atoms with E-state index < -0.39 is 36.8 Å². The molecule has 2 aromatic carbocycles. The molecule has 4 aromatic rings. The Morgan fingerprint density at radius 3 is 2.90 bits per heavy atom. The van der Waals surface area contributed by atoms with Crippen LogP contribution in [0, 0.1) is 28.9 Å². The van der Waals surface area contributed by atoms with Gasteiger partial charge in [0.05, 0.1) is 52.0 Å². The molecule has 48 heavy (non-hydrogen) atoms. The van der Waals surface area contributed by atoms with E-state index in [-0.39, 0.29) is 97.1 Å². The summed E-state index contributed by atoms with van der Waals surface area (Å²) >= 11 is 7.84. The van der Waals surface area contributed by atoms with Crippen molar-refractivity contribution in [2.24, 2.45) is 5.92 Å². The Bertz CT molecular complexity index is 2020. The van der Waals surface area contributed by atoms with Crippen LogP contribution in [0.15, 0.2) is 12.1 Å². The molecule has 15 heteroatoms. The molecule has 2 N–H and O–H groups in total. The van der Waals surface area contributed by atoms with E-state index >= 15 is 13.2 Å². The third kappa shape index (κ3) is 4.92. The number of ether oxygens (including phenoxy) is 3. The lowest BCUT2D eigenvalue weighted by Crippen LogP contribution is -2.45. The van der Waals surface area contributed by atoms with E-state index in [4.69, 9.17) is 31.5 Å². The minimum atomic E-state index is -3.23. The van der Waals surface area contributed by atoms with E-state index in [1.54, 1.807) is 0 Å². The molecule has 8 rings (SSSR count). The number of thiophene rings is 1. The first-order chi connectivity index (χ1) is 23.0. The third-order valence-corrected chi connectivity index (χ3v) is 11.4. The molecule has 9 nitrogen and oxygen atoms in total. The van der Waals surface area contributed by atoms with Gasteiger partial charge in [-0.2, -0.15) is 15.2 Å². The van der Waals surface area contributed by atoms with Gasteiger partial charge in [0.25, 0.3) is 5.92 Å². The minimum Gasteiger partial charge on any atom is -0.491 e. The Hall–Kier alpha value is -3.64. The molecular weight excluding hydrogens is 672 g/mol. The van der Waals surface area contributed by atoms with Gasteiger partial charge >= 0.3 is 6.01 Å². The molecule has 0 radical (unpaired) electrons. The summed E-state index contributed by atoms with van der Waals surface area (Å²) in [5.74, 6) is -4.34. The number of alkyl halides is 2. The van der Waals surface area contributed by atoms with Gasteiger partial charge in [-0.25, -0.2) is 17.6 Å². The molecule has 0 bridgehead atoms. The molecule has 1 unspecified atom stereocenters. The number of halogens is 5. The van der Waals surface area contributed by atoms with Crippen molar-refractivity contribution in [1.82, 2.24) is 14.9 Å². The van der Waals surface area contributed by atoms with Gasteiger partial charge in [-0.1, -0.05) is 24.6 Å². The van der Waals surface area contributed by atoms with Crippen molar-refractivity contribution < 1.29 is 31.8 Å². The summed E-state index contributed by atoms with van der Waals surface area (Å²) in [5.41, 5.74) is 5.49. The van der Waals surface area contributed by atoms with Crippen LogP contribution in [0.3, 0.4) is 0 Å². The van der Waals surface area contributed by atoms with E-state index in [1.807, 2.05) is 6.07 Å². The van der Waals surface area contributed by atoms with Crippen molar-refractivity contribution in [3.8, 4) is 29.0 Å². The molecule has 0 amide bonds. The van der Waals surface area contributed by atoms with Crippen LogP contribution in [0.2, 0.25) is 5.02 Å². The lowest BCUT2D eigenvalue weighted by molar-refractivity contribution is -0.0575. The molecule has 4 aliphatic heterocycles. The fourth-order valence-electron chi connectivity index (χ4n) is 8.05. The van der Waals surface area contributed by atoms with E-state index in [0.29, 0.717) is 5.92 Å². The van der Waals surface area contributed by atoms with Gasteiger partial charge in [0.1, 0.15) is 41.4 Å². The molecule has 4 aliphatic rings. The SMILES string of the molecule is C[C@H]1CN2CCC[C@@]2(COc2nc3c4c(c(Cl)c(-c5ccc(F)c6sc(N)c(C#N)c56)c(F)c4n2)OCCC2COCC(F)(F)CN32)C1. The van der Waals surface area contributed by atoms with Crippen LogP contribution in [0.5, 0.6) is 11.8 Å². The molecule has 252 valence electrons. The predicted octanol–water partition coefficient (Wildman–Crippen LogP) is 6.77. The Morgan fingerprint density at radius 2 is 2.08 bits per heavy atom. The normalized spacial score (nSPS) is 25.2. The monoisotopic (exact) mass is 702 g/mol. The summed E-state index contributed by atoms with van der Waals surface area (Å²) in [6.07, 6.45) is 3.14. The Labute approximate surface area is 282 Å². The highest BCUT2D eigenvalue weighted by Gasteiger charge is 2.48. The highest BCUT2D eigenvalue weighted by molar-refractivity contribution is 7.23. The van der Waals surface area contributed by atoms with Crippen molar-refractivity contribution in [2.45, 2.75) is 50.1 Å². The first-order valence-electron chi connectivity index (χ1n) is 15.9. The zero-order valence-electron chi connectivity index (χ0n) is 25.9. The van der Waals surface area contributed by atoms with Gasteiger partial charge in [-0.05, 0) is 43.4 Å². The topological polar surface area (TPSA) is 110 Å². The summed E-state index contributed by atoms with van der Waals surface area (Å²) < 4.78 is 80.3. The summed E-state index contributed by atoms with van der Waals surface area (Å²) in [4.78, 5) is 13.0. The number of nitrogens with zero attached hydrogens (tertiary/aromatic N) is 5. The number of rotatable bonds is 4. The molecule has 3 atom stereocenters. The number of anilines is 2. The lowest BCUT2D eigenvalue weighted by Gasteiger charge is -2.35. The molecule has 6 heterocycles. The number of aromatic nitrogens is 2. The van der Waals surface area contributed by atoms with Crippen LogP contribution < -0.4 is 20.1 Å². The van der Waals surface area contributed by atoms with Crippen LogP contribution in [0.25, 0.3) is 32.1 Å². The van der Waals surface area contributed by atoms with E-state index in [2.05, 4.69) is 21.8 Å². The molecule has 3 fully saturated rings. The van der Waals surface area contributed by atoms with E-state index in [0.717, 1.165) is 49.8 Å². The zero-order chi connectivity index (χ0) is 33.5. The van der Waals surface area contributed by atoms with Gasteiger partial charge in [0.15, 0.2) is 11.6 Å². The summed E-state index contributed by atoms with van der Waals surface area (Å²) in [6.45, 7) is 2.83. The number of nitrogens with two attached hydrogens (primary N) is 1. The van der Waals surface area contributed by atoms with Crippen LogP contribution in [-0.2, 0) is 4.74 Å². The van der Waals surface area contributed by atoms with Gasteiger partial charge < -0.3 is 24.8 Å². The fourth-order valence-corrected chi connectivity index (χ4v) is 9.33. The van der Waals surface area contributed by atoms with Crippen molar-refractivity contribution in [3.63, 3.8) is 0 Å². The number of hydrogen-bond donors (Lipinski definition) is 1. The maximum Gasteiger partial charge on any atom is 0.319 e. The minimum absolute atomic E-state index is 0.00506. The van der Waals surface area contributed by atoms with Crippen molar-refractivity contribution in [2.75, 3.05) is 56.7 Å². The largest absolute Gasteiger partial charge is 0.491 e. The van der Waals surface area contributed by atoms with Crippen molar-refractivity contribution in [3.05, 3.63) is 34.4 Å². The molecule has 2 aromatic heterocycles. The fraction of sp³-hybridized carbons (Fsp3) is 0.485. The molecule has 0 aliphatic carbocycles. The Kier molecular flexibility index (Phi) is 7.56. The van der Waals surface area contributed by atoms with Crippen molar-refractivity contribution >= 4 is 54.7 Å². The van der Waals surface area contributed by atoms with Gasteiger partial charge in [-0.15, -0.1) is 11.3 Å². The van der Waals surface area contributed by atoms with Gasteiger partial charge in [-0.3, -0.25) is 4.90 Å².